The van der Waals surface area contributed by atoms with Gasteiger partial charge in [-0.1, -0.05) is 18.2 Å². The molecule has 2 N–H and O–H groups in total. The lowest BCUT2D eigenvalue weighted by Crippen LogP contribution is -2.42. The maximum atomic E-state index is 13.8. The summed E-state index contributed by atoms with van der Waals surface area (Å²) in [4.78, 5) is 23.8. The van der Waals surface area contributed by atoms with E-state index in [1.165, 1.54) is 6.07 Å². The number of benzene rings is 1. The normalized spacial score (nSPS) is 19.2. The standard InChI is InChI=1S/C15H17FN2O2/c16-12-4-2-1-3-11(12)15(7-8-15)14(20)17-9-13(19)18-10-5-6-10/h1-4,10H,5-9H2,(H,17,20)(H,18,19). The Morgan fingerprint density at radius 2 is 1.95 bits per heavy atom. The van der Waals surface area contributed by atoms with E-state index in [4.69, 9.17) is 0 Å². The van der Waals surface area contributed by atoms with E-state index in [0.29, 0.717) is 18.4 Å². The van der Waals surface area contributed by atoms with E-state index >= 15 is 0 Å². The summed E-state index contributed by atoms with van der Waals surface area (Å²) in [6, 6.07) is 6.62. The minimum atomic E-state index is -0.773. The lowest BCUT2D eigenvalue weighted by atomic mass is 9.94. The third kappa shape index (κ3) is 2.53. The van der Waals surface area contributed by atoms with Gasteiger partial charge in [-0.15, -0.1) is 0 Å². The molecule has 0 atom stereocenters. The average Bonchev–Trinajstić information content (AvgIpc) is 3.31. The fourth-order valence-electron chi connectivity index (χ4n) is 2.43. The second-order valence-corrected chi connectivity index (χ2v) is 5.59. The summed E-state index contributed by atoms with van der Waals surface area (Å²) in [6.07, 6.45) is 3.28. The molecule has 0 unspecified atom stereocenters. The van der Waals surface area contributed by atoms with Crippen LogP contribution in [0.5, 0.6) is 0 Å². The molecule has 2 aliphatic rings. The Hall–Kier alpha value is -1.91. The number of carbonyl (C=O) groups excluding carboxylic acids is 2. The lowest BCUT2D eigenvalue weighted by molar-refractivity contribution is -0.127. The van der Waals surface area contributed by atoms with Gasteiger partial charge in [-0.3, -0.25) is 9.59 Å². The summed E-state index contributed by atoms with van der Waals surface area (Å²) in [7, 11) is 0. The van der Waals surface area contributed by atoms with Crippen LogP contribution in [0, 0.1) is 5.82 Å². The first-order chi connectivity index (χ1) is 9.62. The number of halogens is 1. The van der Waals surface area contributed by atoms with Crippen LogP contribution in [0.3, 0.4) is 0 Å². The highest BCUT2D eigenvalue weighted by molar-refractivity contribution is 5.94. The van der Waals surface area contributed by atoms with Crippen molar-refractivity contribution in [3.05, 3.63) is 35.6 Å². The molecule has 106 valence electrons. The number of carbonyl (C=O) groups is 2. The lowest BCUT2D eigenvalue weighted by Gasteiger charge is -2.16. The Balaban J connectivity index is 1.61. The fraction of sp³-hybridized carbons (Fsp3) is 0.467. The highest BCUT2D eigenvalue weighted by atomic mass is 19.1. The Morgan fingerprint density at radius 3 is 2.55 bits per heavy atom. The zero-order valence-electron chi connectivity index (χ0n) is 11.1. The molecule has 0 aliphatic heterocycles. The van der Waals surface area contributed by atoms with Crippen LogP contribution in [0.1, 0.15) is 31.2 Å². The molecule has 1 aromatic rings. The topological polar surface area (TPSA) is 58.2 Å². The minimum Gasteiger partial charge on any atom is -0.352 e. The van der Waals surface area contributed by atoms with Gasteiger partial charge in [-0.25, -0.2) is 4.39 Å². The summed E-state index contributed by atoms with van der Waals surface area (Å²) in [5, 5.41) is 5.43. The predicted molar refractivity (Wildman–Crippen MR) is 71.5 cm³/mol. The van der Waals surface area contributed by atoms with Crippen LogP contribution < -0.4 is 10.6 Å². The zero-order valence-corrected chi connectivity index (χ0v) is 11.1. The van der Waals surface area contributed by atoms with Crippen LogP contribution in [-0.4, -0.2) is 24.4 Å². The van der Waals surface area contributed by atoms with Crippen molar-refractivity contribution in [1.82, 2.24) is 10.6 Å². The van der Waals surface area contributed by atoms with Crippen molar-refractivity contribution in [2.75, 3.05) is 6.54 Å². The van der Waals surface area contributed by atoms with Gasteiger partial charge in [-0.2, -0.15) is 0 Å². The molecule has 3 rings (SSSR count). The zero-order chi connectivity index (χ0) is 14.2. The first-order valence-electron chi connectivity index (χ1n) is 6.94. The summed E-state index contributed by atoms with van der Waals surface area (Å²) in [5.74, 6) is -0.790. The van der Waals surface area contributed by atoms with E-state index in [-0.39, 0.29) is 30.2 Å². The van der Waals surface area contributed by atoms with Gasteiger partial charge in [0, 0.05) is 11.6 Å². The molecule has 2 fully saturated rings. The van der Waals surface area contributed by atoms with E-state index in [0.717, 1.165) is 12.8 Å². The molecule has 4 nitrogen and oxygen atoms in total. The summed E-state index contributed by atoms with van der Waals surface area (Å²) < 4.78 is 13.8. The molecule has 20 heavy (non-hydrogen) atoms. The number of hydrogen-bond acceptors (Lipinski definition) is 2. The van der Waals surface area contributed by atoms with Crippen LogP contribution in [0.2, 0.25) is 0 Å². The SMILES string of the molecule is O=C(CNC(=O)C1(c2ccccc2F)CC1)NC1CC1. The van der Waals surface area contributed by atoms with Gasteiger partial charge in [0.1, 0.15) is 5.82 Å². The number of hydrogen-bond donors (Lipinski definition) is 2. The van der Waals surface area contributed by atoms with Gasteiger partial charge in [0.25, 0.3) is 0 Å². The molecule has 2 amide bonds. The average molecular weight is 276 g/mol. The monoisotopic (exact) mass is 276 g/mol. The highest BCUT2D eigenvalue weighted by Crippen LogP contribution is 2.49. The molecular formula is C15H17FN2O2. The molecule has 0 bridgehead atoms. The van der Waals surface area contributed by atoms with E-state index in [1.807, 2.05) is 0 Å². The molecule has 1 aromatic carbocycles. The van der Waals surface area contributed by atoms with Crippen LogP contribution in [0.25, 0.3) is 0 Å². The van der Waals surface area contributed by atoms with Crippen LogP contribution in [0.15, 0.2) is 24.3 Å². The van der Waals surface area contributed by atoms with E-state index in [2.05, 4.69) is 10.6 Å². The van der Waals surface area contributed by atoms with Gasteiger partial charge in [-0.05, 0) is 31.7 Å². The highest BCUT2D eigenvalue weighted by Gasteiger charge is 2.52. The van der Waals surface area contributed by atoms with Crippen LogP contribution in [0.4, 0.5) is 4.39 Å². The second kappa shape index (κ2) is 4.89. The molecule has 0 heterocycles. The Kier molecular flexibility index (Phi) is 3.20. The Labute approximate surface area is 116 Å². The van der Waals surface area contributed by atoms with Gasteiger partial charge in [0.15, 0.2) is 0 Å². The van der Waals surface area contributed by atoms with Crippen molar-refractivity contribution in [2.24, 2.45) is 0 Å². The molecule has 2 aliphatic carbocycles. The smallest absolute Gasteiger partial charge is 0.239 e. The van der Waals surface area contributed by atoms with Gasteiger partial charge < -0.3 is 10.6 Å². The van der Waals surface area contributed by atoms with Gasteiger partial charge in [0.05, 0.1) is 12.0 Å². The number of amides is 2. The number of nitrogens with one attached hydrogen (secondary N) is 2. The van der Waals surface area contributed by atoms with Crippen molar-refractivity contribution in [3.63, 3.8) is 0 Å². The summed E-state index contributed by atoms with van der Waals surface area (Å²) >= 11 is 0. The molecular weight excluding hydrogens is 259 g/mol. The summed E-state index contributed by atoms with van der Waals surface area (Å²) in [6.45, 7) is -0.0362. The molecule has 0 aromatic heterocycles. The summed E-state index contributed by atoms with van der Waals surface area (Å²) in [5.41, 5.74) is -0.342. The maximum absolute atomic E-state index is 13.8. The Bertz CT molecular complexity index is 551. The largest absolute Gasteiger partial charge is 0.352 e. The molecule has 0 spiro atoms. The van der Waals surface area contributed by atoms with Crippen molar-refractivity contribution in [3.8, 4) is 0 Å². The maximum Gasteiger partial charge on any atom is 0.239 e. The molecule has 0 radical (unpaired) electrons. The predicted octanol–water partition coefficient (Wildman–Crippen LogP) is 1.25. The van der Waals surface area contributed by atoms with E-state index < -0.39 is 5.41 Å². The van der Waals surface area contributed by atoms with Crippen LogP contribution >= 0.6 is 0 Å². The molecule has 2 saturated carbocycles. The first-order valence-corrected chi connectivity index (χ1v) is 6.94. The second-order valence-electron chi connectivity index (χ2n) is 5.59. The third-order valence-corrected chi connectivity index (χ3v) is 3.93. The number of rotatable bonds is 5. The molecule has 0 saturated heterocycles. The molecule has 5 heteroatoms. The minimum absolute atomic E-state index is 0.0362. The Morgan fingerprint density at radius 1 is 1.25 bits per heavy atom. The van der Waals surface area contributed by atoms with Crippen molar-refractivity contribution in [2.45, 2.75) is 37.1 Å². The first kappa shape index (κ1) is 13.1. The van der Waals surface area contributed by atoms with Crippen molar-refractivity contribution < 1.29 is 14.0 Å². The van der Waals surface area contributed by atoms with Crippen molar-refractivity contribution >= 4 is 11.8 Å². The van der Waals surface area contributed by atoms with Gasteiger partial charge in [0.2, 0.25) is 11.8 Å². The van der Waals surface area contributed by atoms with E-state index in [1.54, 1.807) is 18.2 Å². The fourth-order valence-corrected chi connectivity index (χ4v) is 2.43. The van der Waals surface area contributed by atoms with E-state index in [9.17, 15) is 14.0 Å². The van der Waals surface area contributed by atoms with Crippen molar-refractivity contribution in [1.29, 1.82) is 0 Å². The van der Waals surface area contributed by atoms with Gasteiger partial charge >= 0.3 is 0 Å². The van der Waals surface area contributed by atoms with Crippen LogP contribution in [-0.2, 0) is 15.0 Å². The quantitative estimate of drug-likeness (QED) is 0.850. The third-order valence-electron chi connectivity index (χ3n) is 3.93.